The molecule has 0 unspecified atom stereocenters. The van der Waals surface area contributed by atoms with Gasteiger partial charge in [0.1, 0.15) is 0 Å². The molecule has 0 aliphatic carbocycles. The molecule has 5 heteroatoms. The van der Waals surface area contributed by atoms with E-state index in [2.05, 4.69) is 0 Å². The van der Waals surface area contributed by atoms with Gasteiger partial charge in [0.25, 0.3) is 0 Å². The predicted molar refractivity (Wildman–Crippen MR) is 36.7 cm³/mol. The van der Waals surface area contributed by atoms with Gasteiger partial charge in [0.15, 0.2) is 4.30 Å². The number of aliphatic hydroxyl groups is 1. The smallest absolute Gasteiger partial charge is 0.180 e. The molecule has 1 N–H and O–H groups in total. The van der Waals surface area contributed by atoms with Gasteiger partial charge in [0, 0.05) is 7.11 Å². The molecule has 0 aliphatic heterocycles. The van der Waals surface area contributed by atoms with E-state index >= 15 is 0 Å². The summed E-state index contributed by atoms with van der Waals surface area (Å²) in [7, 11) is 1.00. The molecule has 0 fully saturated rings. The summed E-state index contributed by atoms with van der Waals surface area (Å²) in [6.45, 7) is 0. The molecule has 0 saturated carbocycles. The van der Waals surface area contributed by atoms with Gasteiger partial charge in [0.05, 0.1) is 0 Å². The van der Waals surface area contributed by atoms with E-state index in [1.807, 2.05) is 0 Å². The zero-order valence-electron chi connectivity index (χ0n) is 3.57. The number of aliphatic hydroxyl groups excluding tert-OH is 1. The van der Waals surface area contributed by atoms with Crippen LogP contribution in [0.2, 0.25) is 0 Å². The first-order valence-corrected chi connectivity index (χ1v) is 2.41. The Bertz CT molecular complexity index is 14.4. The highest BCUT2D eigenvalue weighted by Crippen LogP contribution is 2.03. The predicted octanol–water partition coefficient (Wildman–Crippen LogP) is 2.02. The van der Waals surface area contributed by atoms with Gasteiger partial charge in [-0.2, -0.15) is 0 Å². The molecule has 1 nitrogen and oxygen atoms in total. The van der Waals surface area contributed by atoms with Gasteiger partial charge < -0.3 is 5.11 Å². The van der Waals surface area contributed by atoms with Crippen molar-refractivity contribution in [2.45, 2.75) is 4.30 Å². The average molecular weight is 188 g/mol. The van der Waals surface area contributed by atoms with E-state index < -0.39 is 4.30 Å². The second-order valence-electron chi connectivity index (χ2n) is 0.247. The maximum Gasteiger partial charge on any atom is 0.180 e. The van der Waals surface area contributed by atoms with Crippen LogP contribution in [-0.4, -0.2) is 16.5 Å². The van der Waals surface area contributed by atoms with Crippen LogP contribution in [-0.2, 0) is 0 Å². The summed E-state index contributed by atoms with van der Waals surface area (Å²) < 4.78 is -0.750. The van der Waals surface area contributed by atoms with Crippen LogP contribution in [0.25, 0.3) is 0 Å². The van der Waals surface area contributed by atoms with Gasteiger partial charge in [-0.15, -0.1) is 12.4 Å². The summed E-state index contributed by atoms with van der Waals surface area (Å²) in [5, 5.41) is 7.00. The number of halogens is 4. The molecule has 0 saturated heterocycles. The third kappa shape index (κ3) is 149. The van der Waals surface area contributed by atoms with Crippen molar-refractivity contribution >= 4 is 47.2 Å². The van der Waals surface area contributed by atoms with Crippen molar-refractivity contribution < 1.29 is 5.11 Å². The van der Waals surface area contributed by atoms with Crippen LogP contribution in [0.3, 0.4) is 0 Å². The molecule has 0 aromatic carbocycles. The van der Waals surface area contributed by atoms with Crippen LogP contribution in [0, 0.1) is 0 Å². The molecule has 0 atom stereocenters. The lowest BCUT2D eigenvalue weighted by Crippen LogP contribution is -1.55. The first-order valence-electron chi connectivity index (χ1n) is 1.10. The van der Waals surface area contributed by atoms with E-state index in [0.29, 0.717) is 0 Å². The second-order valence-corrected chi connectivity index (χ2v) is 2.23. The minimum atomic E-state index is -0.750. The van der Waals surface area contributed by atoms with E-state index in [-0.39, 0.29) is 12.4 Å². The molecular weight excluding hydrogens is 182 g/mol. The van der Waals surface area contributed by atoms with Gasteiger partial charge >= 0.3 is 0 Å². The Kier molecular flexibility index (Phi) is 35.2. The lowest BCUT2D eigenvalue weighted by Gasteiger charge is -1.69. The van der Waals surface area contributed by atoms with Crippen molar-refractivity contribution in [1.29, 1.82) is 0 Å². The zero-order valence-corrected chi connectivity index (χ0v) is 6.65. The number of hydrogen-bond donors (Lipinski definition) is 1. The third-order valence-electron chi connectivity index (χ3n) is 0. The van der Waals surface area contributed by atoms with Gasteiger partial charge in [-0.3, -0.25) is 0 Å². The molecule has 0 rings (SSSR count). The Labute approximate surface area is 64.0 Å². The zero-order chi connectivity index (χ0) is 5.58. The minimum absolute atomic E-state index is 0. The van der Waals surface area contributed by atoms with Crippen LogP contribution in [0.1, 0.15) is 0 Å². The summed E-state index contributed by atoms with van der Waals surface area (Å²) in [5.74, 6) is 0. The first kappa shape index (κ1) is 15.7. The van der Waals surface area contributed by atoms with Gasteiger partial charge in [-0.25, -0.2) is 0 Å². The Hall–Kier alpha value is 1.12. The van der Waals surface area contributed by atoms with Crippen molar-refractivity contribution in [3.63, 3.8) is 0 Å². The highest BCUT2D eigenvalue weighted by molar-refractivity contribution is 6.63. The standard InChI is InChI=1S/CHCl3.CH4O.ClH/c2-1(3)4;1-2;/h1H;2H,1H3;1H. The van der Waals surface area contributed by atoms with Crippen LogP contribution < -0.4 is 0 Å². The summed E-state index contributed by atoms with van der Waals surface area (Å²) in [5.41, 5.74) is 0. The summed E-state index contributed by atoms with van der Waals surface area (Å²) in [4.78, 5) is 0. The normalized spacial score (nSPS) is 6.00. The average Bonchev–Trinajstić information content (AvgIpc) is 1.41. The monoisotopic (exact) mass is 186 g/mol. The lowest BCUT2D eigenvalue weighted by atomic mass is 11.8. The Morgan fingerprint density at radius 3 is 1.14 bits per heavy atom. The fourth-order valence-corrected chi connectivity index (χ4v) is 0. The maximum absolute atomic E-state index is 7.00. The van der Waals surface area contributed by atoms with Crippen LogP contribution >= 0.6 is 47.2 Å². The third-order valence-corrected chi connectivity index (χ3v) is 0. The van der Waals surface area contributed by atoms with Gasteiger partial charge in [0.2, 0.25) is 0 Å². The largest absolute Gasteiger partial charge is 0.400 e. The highest BCUT2D eigenvalue weighted by Gasteiger charge is 1.78. The van der Waals surface area contributed by atoms with Crippen LogP contribution in [0.4, 0.5) is 0 Å². The molecule has 0 heterocycles. The van der Waals surface area contributed by atoms with E-state index in [4.69, 9.17) is 39.9 Å². The quantitative estimate of drug-likeness (QED) is 0.576. The topological polar surface area (TPSA) is 20.2 Å². The molecule has 0 spiro atoms. The van der Waals surface area contributed by atoms with Crippen LogP contribution in [0.15, 0.2) is 0 Å². The molecular formula is C2H6Cl4O. The molecule has 0 radical (unpaired) electrons. The van der Waals surface area contributed by atoms with Crippen molar-refractivity contribution in [1.82, 2.24) is 0 Å². The SMILES string of the molecule is CO.Cl.ClC(Cl)Cl. The number of hydrogen-bond acceptors (Lipinski definition) is 1. The fraction of sp³-hybridized carbons (Fsp3) is 1.00. The van der Waals surface area contributed by atoms with E-state index in [1.165, 1.54) is 0 Å². The highest BCUT2D eigenvalue weighted by atomic mass is 35.6. The Morgan fingerprint density at radius 1 is 1.14 bits per heavy atom. The molecule has 48 valence electrons. The summed E-state index contributed by atoms with van der Waals surface area (Å²) in [6, 6.07) is 0. The van der Waals surface area contributed by atoms with E-state index in [9.17, 15) is 0 Å². The van der Waals surface area contributed by atoms with E-state index in [0.717, 1.165) is 7.11 Å². The number of rotatable bonds is 0. The first-order chi connectivity index (χ1) is 2.73. The molecule has 0 amide bonds. The van der Waals surface area contributed by atoms with Crippen LogP contribution in [0.5, 0.6) is 0 Å². The van der Waals surface area contributed by atoms with E-state index in [1.54, 1.807) is 0 Å². The van der Waals surface area contributed by atoms with Crippen molar-refractivity contribution in [2.24, 2.45) is 0 Å². The molecule has 0 aliphatic rings. The Morgan fingerprint density at radius 2 is 1.14 bits per heavy atom. The summed E-state index contributed by atoms with van der Waals surface area (Å²) in [6.07, 6.45) is 0. The van der Waals surface area contributed by atoms with Crippen molar-refractivity contribution in [3.05, 3.63) is 0 Å². The summed E-state index contributed by atoms with van der Waals surface area (Å²) >= 11 is 14.4. The van der Waals surface area contributed by atoms with Crippen molar-refractivity contribution in [2.75, 3.05) is 7.11 Å². The molecule has 0 aromatic heterocycles. The molecule has 0 bridgehead atoms. The maximum atomic E-state index is 7.00. The van der Waals surface area contributed by atoms with Gasteiger partial charge in [-0.05, 0) is 0 Å². The molecule has 7 heavy (non-hydrogen) atoms. The Balaban J connectivity index is -0.0000000480. The lowest BCUT2D eigenvalue weighted by molar-refractivity contribution is 0.399. The van der Waals surface area contributed by atoms with Crippen molar-refractivity contribution in [3.8, 4) is 0 Å². The number of alkyl halides is 3. The second kappa shape index (κ2) is 15.7. The van der Waals surface area contributed by atoms with Gasteiger partial charge in [-0.1, -0.05) is 34.8 Å². The fourth-order valence-electron chi connectivity index (χ4n) is 0. The molecule has 0 aromatic rings. The minimum Gasteiger partial charge on any atom is -0.400 e.